The molecule has 0 atom stereocenters. The first-order chi connectivity index (χ1) is 9.63. The minimum absolute atomic E-state index is 0. The zero-order valence-electron chi connectivity index (χ0n) is 12.4. The SMILES string of the molecule is COc1cc(CN2CCC(C(=O)O)CC2)ccc1SC.Cl. The number of aliphatic carboxylic acids is 1. The van der Waals surface area contributed by atoms with E-state index < -0.39 is 5.97 Å². The van der Waals surface area contributed by atoms with Crippen LogP contribution in [-0.4, -0.2) is 42.4 Å². The van der Waals surface area contributed by atoms with Gasteiger partial charge in [-0.1, -0.05) is 6.07 Å². The predicted octanol–water partition coefficient (Wildman–Crippen LogP) is 3.14. The smallest absolute Gasteiger partial charge is 0.306 e. The molecule has 1 fully saturated rings. The molecule has 0 unspecified atom stereocenters. The Bertz CT molecular complexity index is 476. The van der Waals surface area contributed by atoms with Crippen molar-refractivity contribution in [2.45, 2.75) is 24.3 Å². The molecule has 1 heterocycles. The van der Waals surface area contributed by atoms with Crippen LogP contribution < -0.4 is 4.74 Å². The molecule has 0 aliphatic carbocycles. The summed E-state index contributed by atoms with van der Waals surface area (Å²) in [5, 5.41) is 9.00. The molecule has 6 heteroatoms. The number of ether oxygens (including phenoxy) is 1. The lowest BCUT2D eigenvalue weighted by Gasteiger charge is -2.30. The molecule has 2 rings (SSSR count). The van der Waals surface area contributed by atoms with Gasteiger partial charge in [0.05, 0.1) is 13.0 Å². The van der Waals surface area contributed by atoms with Gasteiger partial charge < -0.3 is 9.84 Å². The highest BCUT2D eigenvalue weighted by Gasteiger charge is 2.24. The summed E-state index contributed by atoms with van der Waals surface area (Å²) in [5.74, 6) is 0.0886. The van der Waals surface area contributed by atoms with E-state index in [1.54, 1.807) is 18.9 Å². The number of carboxylic acids is 1. The summed E-state index contributed by atoms with van der Waals surface area (Å²) < 4.78 is 5.40. The molecule has 0 spiro atoms. The first-order valence-corrected chi connectivity index (χ1v) is 8.02. The monoisotopic (exact) mass is 331 g/mol. The Hall–Kier alpha value is -0.910. The van der Waals surface area contributed by atoms with Crippen molar-refractivity contribution in [1.29, 1.82) is 0 Å². The molecule has 0 bridgehead atoms. The lowest BCUT2D eigenvalue weighted by Crippen LogP contribution is -2.35. The van der Waals surface area contributed by atoms with Crippen molar-refractivity contribution in [1.82, 2.24) is 4.90 Å². The van der Waals surface area contributed by atoms with E-state index in [0.717, 1.165) is 43.1 Å². The highest BCUT2D eigenvalue weighted by Crippen LogP contribution is 2.29. The van der Waals surface area contributed by atoms with E-state index in [1.165, 1.54) is 5.56 Å². The predicted molar refractivity (Wildman–Crippen MR) is 87.7 cm³/mol. The van der Waals surface area contributed by atoms with E-state index in [2.05, 4.69) is 23.1 Å². The Balaban J connectivity index is 0.00000220. The summed E-state index contributed by atoms with van der Waals surface area (Å²) in [6.07, 6.45) is 3.53. The molecule has 1 aliphatic heterocycles. The van der Waals surface area contributed by atoms with Gasteiger partial charge in [-0.25, -0.2) is 0 Å². The summed E-state index contributed by atoms with van der Waals surface area (Å²) in [6.45, 7) is 2.56. The first-order valence-electron chi connectivity index (χ1n) is 6.80. The molecule has 1 aromatic rings. The number of carboxylic acid groups (broad SMARTS) is 1. The lowest BCUT2D eigenvalue weighted by atomic mass is 9.97. The number of rotatable bonds is 5. The third kappa shape index (κ3) is 4.80. The topological polar surface area (TPSA) is 49.8 Å². The third-order valence-corrected chi connectivity index (χ3v) is 4.57. The summed E-state index contributed by atoms with van der Waals surface area (Å²) in [6, 6.07) is 6.29. The summed E-state index contributed by atoms with van der Waals surface area (Å²) in [4.78, 5) is 14.4. The molecule has 1 N–H and O–H groups in total. The average Bonchev–Trinajstić information content (AvgIpc) is 2.47. The molecular weight excluding hydrogens is 310 g/mol. The molecule has 1 saturated heterocycles. The number of piperidine rings is 1. The van der Waals surface area contributed by atoms with E-state index in [-0.39, 0.29) is 18.3 Å². The fourth-order valence-corrected chi connectivity index (χ4v) is 3.12. The maximum Gasteiger partial charge on any atom is 0.306 e. The quantitative estimate of drug-likeness (QED) is 0.840. The Morgan fingerprint density at radius 3 is 2.62 bits per heavy atom. The van der Waals surface area contributed by atoms with Crippen LogP contribution >= 0.6 is 24.2 Å². The minimum atomic E-state index is -0.657. The Morgan fingerprint density at radius 1 is 1.43 bits per heavy atom. The van der Waals surface area contributed by atoms with Gasteiger partial charge in [-0.05, 0) is 49.9 Å². The van der Waals surface area contributed by atoms with Crippen molar-refractivity contribution >= 4 is 30.1 Å². The molecule has 1 aromatic carbocycles. The van der Waals surface area contributed by atoms with Gasteiger partial charge in [0.25, 0.3) is 0 Å². The number of thioether (sulfide) groups is 1. The second kappa shape index (κ2) is 8.51. The highest BCUT2D eigenvalue weighted by atomic mass is 35.5. The standard InChI is InChI=1S/C15H21NO3S.ClH/c1-19-13-9-11(3-4-14(13)20-2)10-16-7-5-12(6-8-16)15(17)18;/h3-4,9,12H,5-8,10H2,1-2H3,(H,17,18);1H. The normalized spacial score (nSPS) is 16.3. The van der Waals surface area contributed by atoms with Crippen LogP contribution in [0.25, 0.3) is 0 Å². The van der Waals surface area contributed by atoms with Crippen LogP contribution in [0.1, 0.15) is 18.4 Å². The average molecular weight is 332 g/mol. The maximum atomic E-state index is 10.9. The maximum absolute atomic E-state index is 10.9. The number of benzene rings is 1. The van der Waals surface area contributed by atoms with Gasteiger partial charge in [-0.3, -0.25) is 9.69 Å². The number of halogens is 1. The van der Waals surface area contributed by atoms with Gasteiger partial charge in [0.15, 0.2) is 0 Å². The van der Waals surface area contributed by atoms with Gasteiger partial charge in [0.2, 0.25) is 0 Å². The molecule has 21 heavy (non-hydrogen) atoms. The number of methoxy groups -OCH3 is 1. The van der Waals surface area contributed by atoms with E-state index in [4.69, 9.17) is 9.84 Å². The first kappa shape index (κ1) is 18.1. The molecule has 0 radical (unpaired) electrons. The van der Waals surface area contributed by atoms with Gasteiger partial charge in [-0.15, -0.1) is 24.2 Å². The van der Waals surface area contributed by atoms with Crippen LogP contribution in [0.3, 0.4) is 0 Å². The van der Waals surface area contributed by atoms with E-state index in [0.29, 0.717) is 0 Å². The van der Waals surface area contributed by atoms with Crippen molar-refractivity contribution in [3.05, 3.63) is 23.8 Å². The highest BCUT2D eigenvalue weighted by molar-refractivity contribution is 7.98. The summed E-state index contributed by atoms with van der Waals surface area (Å²) >= 11 is 1.67. The van der Waals surface area contributed by atoms with Crippen molar-refractivity contribution < 1.29 is 14.6 Å². The van der Waals surface area contributed by atoms with Crippen LogP contribution in [0, 0.1) is 5.92 Å². The summed E-state index contributed by atoms with van der Waals surface area (Å²) in [5.41, 5.74) is 1.22. The van der Waals surface area contributed by atoms with Crippen LogP contribution in [0.15, 0.2) is 23.1 Å². The number of carbonyl (C=O) groups is 1. The zero-order chi connectivity index (χ0) is 14.5. The third-order valence-electron chi connectivity index (χ3n) is 3.79. The van der Waals surface area contributed by atoms with Crippen molar-refractivity contribution in [2.24, 2.45) is 5.92 Å². The Morgan fingerprint density at radius 2 is 2.10 bits per heavy atom. The Labute approximate surface area is 136 Å². The number of hydrogen-bond acceptors (Lipinski definition) is 4. The fraction of sp³-hybridized carbons (Fsp3) is 0.533. The zero-order valence-corrected chi connectivity index (χ0v) is 14.0. The van der Waals surface area contributed by atoms with Crippen molar-refractivity contribution in [3.63, 3.8) is 0 Å². The van der Waals surface area contributed by atoms with Gasteiger partial charge in [0.1, 0.15) is 5.75 Å². The molecule has 1 aliphatic rings. The van der Waals surface area contributed by atoms with Crippen molar-refractivity contribution in [2.75, 3.05) is 26.5 Å². The fourth-order valence-electron chi connectivity index (χ4n) is 2.58. The van der Waals surface area contributed by atoms with Crippen LogP contribution in [-0.2, 0) is 11.3 Å². The molecule has 0 saturated carbocycles. The van der Waals surface area contributed by atoms with Crippen LogP contribution in [0.2, 0.25) is 0 Å². The molecule has 4 nitrogen and oxygen atoms in total. The second-order valence-electron chi connectivity index (χ2n) is 5.08. The van der Waals surface area contributed by atoms with E-state index >= 15 is 0 Å². The molecule has 0 amide bonds. The molecule has 118 valence electrons. The van der Waals surface area contributed by atoms with Gasteiger partial charge >= 0.3 is 5.97 Å². The van der Waals surface area contributed by atoms with Crippen LogP contribution in [0.4, 0.5) is 0 Å². The summed E-state index contributed by atoms with van der Waals surface area (Å²) in [7, 11) is 1.69. The number of nitrogens with zero attached hydrogens (tertiary/aromatic N) is 1. The minimum Gasteiger partial charge on any atom is -0.496 e. The number of likely N-dealkylation sites (tertiary alicyclic amines) is 1. The van der Waals surface area contributed by atoms with Gasteiger partial charge in [-0.2, -0.15) is 0 Å². The van der Waals surface area contributed by atoms with Crippen LogP contribution in [0.5, 0.6) is 5.75 Å². The van der Waals surface area contributed by atoms with E-state index in [9.17, 15) is 4.79 Å². The molecule has 0 aromatic heterocycles. The van der Waals surface area contributed by atoms with Gasteiger partial charge in [0, 0.05) is 11.4 Å². The number of hydrogen-bond donors (Lipinski definition) is 1. The Kier molecular flexibility index (Phi) is 7.35. The second-order valence-corrected chi connectivity index (χ2v) is 5.93. The van der Waals surface area contributed by atoms with Crippen molar-refractivity contribution in [3.8, 4) is 5.75 Å². The largest absolute Gasteiger partial charge is 0.496 e. The lowest BCUT2D eigenvalue weighted by molar-refractivity contribution is -0.143. The van der Waals surface area contributed by atoms with E-state index in [1.807, 2.05) is 6.26 Å². The molecular formula is C15H22ClNO3S.